The van der Waals surface area contributed by atoms with Gasteiger partial charge in [-0.15, -0.1) is 0 Å². The zero-order valence-corrected chi connectivity index (χ0v) is 15.0. The van der Waals surface area contributed by atoms with Crippen molar-refractivity contribution in [1.29, 1.82) is 0 Å². The fraction of sp³-hybridized carbons (Fsp3) is 0.600. The molecule has 1 aromatic carbocycles. The van der Waals surface area contributed by atoms with E-state index in [0.717, 1.165) is 38.0 Å². The summed E-state index contributed by atoms with van der Waals surface area (Å²) in [6.45, 7) is 1.24. The first-order valence-electron chi connectivity index (χ1n) is 9.41. The summed E-state index contributed by atoms with van der Waals surface area (Å²) in [7, 11) is 1.61. The van der Waals surface area contributed by atoms with Crippen LogP contribution in [0.2, 0.25) is 0 Å². The zero-order chi connectivity index (χ0) is 17.6. The van der Waals surface area contributed by atoms with Gasteiger partial charge >= 0.3 is 0 Å². The Labute approximate surface area is 149 Å². The van der Waals surface area contributed by atoms with Crippen LogP contribution in [0.4, 0.5) is 0 Å². The lowest BCUT2D eigenvalue weighted by molar-refractivity contribution is -0.127. The summed E-state index contributed by atoms with van der Waals surface area (Å²) >= 11 is 0. The van der Waals surface area contributed by atoms with Crippen molar-refractivity contribution >= 4 is 11.8 Å². The lowest BCUT2D eigenvalue weighted by atomic mass is 9.93. The second-order valence-electron chi connectivity index (χ2n) is 7.16. The van der Waals surface area contributed by atoms with Gasteiger partial charge in [0.05, 0.1) is 13.0 Å². The fourth-order valence-corrected chi connectivity index (χ4v) is 3.86. The van der Waals surface area contributed by atoms with Gasteiger partial charge in [0.1, 0.15) is 5.75 Å². The molecule has 1 heterocycles. The van der Waals surface area contributed by atoms with E-state index in [9.17, 15) is 9.59 Å². The molecule has 0 spiro atoms. The minimum absolute atomic E-state index is 0.00202. The van der Waals surface area contributed by atoms with Crippen LogP contribution in [0.15, 0.2) is 24.3 Å². The van der Waals surface area contributed by atoms with Gasteiger partial charge in [-0.2, -0.15) is 0 Å². The molecule has 3 rings (SSSR count). The highest BCUT2D eigenvalue weighted by atomic mass is 16.5. The normalized spacial score (nSPS) is 21.6. The molecule has 1 aliphatic carbocycles. The Morgan fingerprint density at radius 1 is 1.04 bits per heavy atom. The van der Waals surface area contributed by atoms with Crippen molar-refractivity contribution in [2.75, 3.05) is 20.2 Å². The van der Waals surface area contributed by atoms with Crippen molar-refractivity contribution in [1.82, 2.24) is 10.2 Å². The van der Waals surface area contributed by atoms with Gasteiger partial charge in [0.15, 0.2) is 0 Å². The highest BCUT2D eigenvalue weighted by Gasteiger charge is 2.30. The Bertz CT molecular complexity index is 593. The Hall–Kier alpha value is -2.04. The van der Waals surface area contributed by atoms with E-state index in [1.807, 2.05) is 4.90 Å². The predicted octanol–water partition coefficient (Wildman–Crippen LogP) is 3.00. The number of hydrogen-bond donors (Lipinski definition) is 1. The second-order valence-corrected chi connectivity index (χ2v) is 7.16. The molecule has 0 unspecified atom stereocenters. The number of likely N-dealkylation sites (tertiary alicyclic amines) is 1. The molecule has 25 heavy (non-hydrogen) atoms. The van der Waals surface area contributed by atoms with Crippen LogP contribution in [-0.4, -0.2) is 43.0 Å². The van der Waals surface area contributed by atoms with Crippen LogP contribution >= 0.6 is 0 Å². The molecule has 2 amide bonds. The molecular formula is C20H28N2O3. The molecule has 1 saturated carbocycles. The number of piperidine rings is 1. The standard InChI is InChI=1S/C20H28N2O3/c1-25-18-11-9-15(10-12-18)20(24)22-13-5-6-16(14-22)19(23)21-17-7-3-2-4-8-17/h9-12,16-17H,2-8,13-14H2,1H3,(H,21,23)/t16-/m1/s1. The number of nitrogens with zero attached hydrogens (tertiary/aromatic N) is 1. The maximum atomic E-state index is 12.7. The number of amides is 2. The minimum atomic E-state index is -0.0853. The predicted molar refractivity (Wildman–Crippen MR) is 96.6 cm³/mol. The molecule has 0 bridgehead atoms. The Morgan fingerprint density at radius 3 is 2.44 bits per heavy atom. The van der Waals surface area contributed by atoms with Crippen LogP contribution in [0.3, 0.4) is 0 Å². The third-order valence-electron chi connectivity index (χ3n) is 5.37. The van der Waals surface area contributed by atoms with E-state index in [1.165, 1.54) is 19.3 Å². The van der Waals surface area contributed by atoms with Crippen molar-refractivity contribution in [3.05, 3.63) is 29.8 Å². The topological polar surface area (TPSA) is 58.6 Å². The molecule has 1 aliphatic heterocycles. The van der Waals surface area contributed by atoms with E-state index >= 15 is 0 Å². The Kier molecular flexibility index (Phi) is 5.95. The minimum Gasteiger partial charge on any atom is -0.497 e. The lowest BCUT2D eigenvalue weighted by Crippen LogP contribution is -2.47. The highest BCUT2D eigenvalue weighted by molar-refractivity contribution is 5.94. The first-order valence-corrected chi connectivity index (χ1v) is 9.41. The SMILES string of the molecule is COc1ccc(C(=O)N2CCC[C@@H](C(=O)NC3CCCCC3)C2)cc1. The smallest absolute Gasteiger partial charge is 0.253 e. The fourth-order valence-electron chi connectivity index (χ4n) is 3.86. The highest BCUT2D eigenvalue weighted by Crippen LogP contribution is 2.22. The largest absolute Gasteiger partial charge is 0.497 e. The number of ether oxygens (including phenoxy) is 1. The summed E-state index contributed by atoms with van der Waals surface area (Å²) in [5.41, 5.74) is 0.647. The van der Waals surface area contributed by atoms with Crippen LogP contribution in [0, 0.1) is 5.92 Å². The van der Waals surface area contributed by atoms with Gasteiger partial charge in [0.25, 0.3) is 5.91 Å². The van der Waals surface area contributed by atoms with Gasteiger partial charge in [-0.25, -0.2) is 0 Å². The third-order valence-corrected chi connectivity index (χ3v) is 5.37. The summed E-state index contributed by atoms with van der Waals surface area (Å²) in [6, 6.07) is 7.49. The molecule has 5 heteroatoms. The Balaban J connectivity index is 1.57. The Morgan fingerprint density at radius 2 is 1.76 bits per heavy atom. The van der Waals surface area contributed by atoms with Gasteiger partial charge in [0.2, 0.25) is 5.91 Å². The van der Waals surface area contributed by atoms with Crippen molar-refractivity contribution in [3.8, 4) is 5.75 Å². The average Bonchev–Trinajstić information content (AvgIpc) is 2.68. The molecular weight excluding hydrogens is 316 g/mol. The molecule has 136 valence electrons. The monoisotopic (exact) mass is 344 g/mol. The number of methoxy groups -OCH3 is 1. The van der Waals surface area contributed by atoms with Crippen LogP contribution in [0.1, 0.15) is 55.3 Å². The summed E-state index contributed by atoms with van der Waals surface area (Å²) < 4.78 is 5.14. The van der Waals surface area contributed by atoms with E-state index in [1.54, 1.807) is 31.4 Å². The zero-order valence-electron chi connectivity index (χ0n) is 15.0. The summed E-state index contributed by atoms with van der Waals surface area (Å²) in [6.07, 6.45) is 7.62. The molecule has 0 radical (unpaired) electrons. The summed E-state index contributed by atoms with van der Waals surface area (Å²) in [4.78, 5) is 27.1. The molecule has 2 fully saturated rings. The van der Waals surface area contributed by atoms with E-state index in [-0.39, 0.29) is 17.7 Å². The van der Waals surface area contributed by atoms with Crippen molar-refractivity contribution in [3.63, 3.8) is 0 Å². The van der Waals surface area contributed by atoms with Gasteiger partial charge in [0, 0.05) is 24.7 Å². The van der Waals surface area contributed by atoms with Crippen LogP contribution in [0.5, 0.6) is 5.75 Å². The number of carbonyl (C=O) groups is 2. The van der Waals surface area contributed by atoms with Crippen molar-refractivity contribution in [2.45, 2.75) is 51.0 Å². The molecule has 1 N–H and O–H groups in total. The average molecular weight is 344 g/mol. The maximum Gasteiger partial charge on any atom is 0.253 e. The van der Waals surface area contributed by atoms with Gasteiger partial charge in [-0.1, -0.05) is 19.3 Å². The molecule has 1 atom stereocenters. The number of hydrogen-bond acceptors (Lipinski definition) is 3. The van der Waals surface area contributed by atoms with Crippen molar-refractivity contribution in [2.24, 2.45) is 5.92 Å². The van der Waals surface area contributed by atoms with E-state index < -0.39 is 0 Å². The van der Waals surface area contributed by atoms with E-state index in [2.05, 4.69) is 5.32 Å². The van der Waals surface area contributed by atoms with Crippen molar-refractivity contribution < 1.29 is 14.3 Å². The lowest BCUT2D eigenvalue weighted by Gasteiger charge is -2.33. The maximum absolute atomic E-state index is 12.7. The van der Waals surface area contributed by atoms with Gasteiger partial charge < -0.3 is 15.0 Å². The van der Waals surface area contributed by atoms with Crippen LogP contribution < -0.4 is 10.1 Å². The summed E-state index contributed by atoms with van der Waals surface area (Å²) in [5, 5.41) is 3.21. The molecule has 0 aromatic heterocycles. The quantitative estimate of drug-likeness (QED) is 0.913. The first kappa shape index (κ1) is 17.8. The second kappa shape index (κ2) is 8.37. The first-order chi connectivity index (χ1) is 12.2. The van der Waals surface area contributed by atoms with E-state index in [4.69, 9.17) is 4.74 Å². The molecule has 1 saturated heterocycles. The molecule has 1 aromatic rings. The van der Waals surface area contributed by atoms with Crippen LogP contribution in [0.25, 0.3) is 0 Å². The van der Waals surface area contributed by atoms with Gasteiger partial charge in [-0.05, 0) is 49.9 Å². The van der Waals surface area contributed by atoms with Gasteiger partial charge in [-0.3, -0.25) is 9.59 Å². The van der Waals surface area contributed by atoms with E-state index in [0.29, 0.717) is 18.2 Å². The van der Waals surface area contributed by atoms with Crippen LogP contribution in [-0.2, 0) is 4.79 Å². The summed E-state index contributed by atoms with van der Waals surface area (Å²) in [5.74, 6) is 0.773. The number of carbonyl (C=O) groups excluding carboxylic acids is 2. The molecule has 2 aliphatic rings. The third kappa shape index (κ3) is 4.53. The number of rotatable bonds is 4. The number of benzene rings is 1. The molecule has 5 nitrogen and oxygen atoms in total. The number of nitrogens with one attached hydrogen (secondary N) is 1.